The third-order valence-electron chi connectivity index (χ3n) is 3.67. The largest absolute Gasteiger partial charge is 0.308 e. The summed E-state index contributed by atoms with van der Waals surface area (Å²) < 4.78 is 0. The lowest BCUT2D eigenvalue weighted by Gasteiger charge is -2.13. The molecule has 0 saturated carbocycles. The molecular weight excluding hydrogens is 256 g/mol. The molecule has 2 nitrogen and oxygen atoms in total. The zero-order valence-electron chi connectivity index (χ0n) is 12.3. The van der Waals surface area contributed by atoms with E-state index < -0.39 is 0 Å². The monoisotopic (exact) mass is 276 g/mol. The molecule has 0 fully saturated rings. The van der Waals surface area contributed by atoms with E-state index in [1.807, 2.05) is 12.1 Å². The maximum atomic E-state index is 4.69. The van der Waals surface area contributed by atoms with Crippen LogP contribution < -0.4 is 5.32 Å². The van der Waals surface area contributed by atoms with Gasteiger partial charge in [0.15, 0.2) is 0 Å². The molecule has 0 saturated heterocycles. The lowest BCUT2D eigenvalue weighted by molar-refractivity contribution is 0.540. The third kappa shape index (κ3) is 3.67. The highest BCUT2D eigenvalue weighted by Gasteiger charge is 2.04. The zero-order chi connectivity index (χ0) is 14.5. The molecule has 1 N–H and O–H groups in total. The molecule has 0 aliphatic rings. The number of para-hydroxylation sites is 1. The van der Waals surface area contributed by atoms with Crippen LogP contribution in [0.1, 0.15) is 18.2 Å². The van der Waals surface area contributed by atoms with Crippen LogP contribution in [0.5, 0.6) is 0 Å². The number of nitrogens with one attached hydrogen (secondary N) is 1. The number of benzene rings is 2. The minimum atomic E-state index is 0.431. The average molecular weight is 276 g/mol. The summed E-state index contributed by atoms with van der Waals surface area (Å²) in [5, 5.41) is 4.74. The van der Waals surface area contributed by atoms with Gasteiger partial charge in [-0.25, -0.2) is 0 Å². The highest BCUT2D eigenvalue weighted by Crippen LogP contribution is 2.12. The van der Waals surface area contributed by atoms with E-state index in [1.165, 1.54) is 10.9 Å². The zero-order valence-corrected chi connectivity index (χ0v) is 12.3. The van der Waals surface area contributed by atoms with Gasteiger partial charge in [0.2, 0.25) is 0 Å². The maximum Gasteiger partial charge on any atom is 0.0705 e. The quantitative estimate of drug-likeness (QED) is 0.763. The molecule has 2 heteroatoms. The molecule has 106 valence electrons. The Bertz CT molecular complexity index is 707. The number of aromatic nitrogens is 1. The molecule has 1 atom stereocenters. The van der Waals surface area contributed by atoms with Gasteiger partial charge >= 0.3 is 0 Å². The summed E-state index contributed by atoms with van der Waals surface area (Å²) in [6, 6.07) is 23.5. The van der Waals surface area contributed by atoms with Crippen molar-refractivity contribution in [2.24, 2.45) is 0 Å². The van der Waals surface area contributed by atoms with Crippen molar-refractivity contribution >= 4 is 10.9 Å². The summed E-state index contributed by atoms with van der Waals surface area (Å²) in [7, 11) is 0. The fraction of sp³-hybridized carbons (Fsp3) is 0.211. The van der Waals surface area contributed by atoms with E-state index >= 15 is 0 Å². The van der Waals surface area contributed by atoms with Crippen LogP contribution in [0, 0.1) is 0 Å². The smallest absolute Gasteiger partial charge is 0.0705 e. The van der Waals surface area contributed by atoms with E-state index in [0.717, 1.165) is 24.2 Å². The second kappa shape index (κ2) is 6.51. The van der Waals surface area contributed by atoms with Gasteiger partial charge in [0.05, 0.1) is 11.2 Å². The van der Waals surface area contributed by atoms with Crippen molar-refractivity contribution in [3.05, 3.63) is 78.0 Å². The van der Waals surface area contributed by atoms with Crippen molar-refractivity contribution in [3.8, 4) is 0 Å². The Morgan fingerprint density at radius 2 is 1.67 bits per heavy atom. The van der Waals surface area contributed by atoms with Gasteiger partial charge in [0.1, 0.15) is 0 Å². The van der Waals surface area contributed by atoms with Crippen LogP contribution in [0.3, 0.4) is 0 Å². The van der Waals surface area contributed by atoms with Gasteiger partial charge in [-0.05, 0) is 31.0 Å². The van der Waals surface area contributed by atoms with E-state index in [4.69, 9.17) is 4.98 Å². The fourth-order valence-corrected chi connectivity index (χ4v) is 2.53. The molecule has 0 spiro atoms. The lowest BCUT2D eigenvalue weighted by atomic mass is 10.1. The SMILES string of the molecule is CC(Cc1ccccc1)NCc1ccc2ccccc2n1. The van der Waals surface area contributed by atoms with Crippen molar-refractivity contribution in [3.63, 3.8) is 0 Å². The molecule has 1 aromatic heterocycles. The van der Waals surface area contributed by atoms with Crippen LogP contribution in [-0.2, 0) is 13.0 Å². The Labute approximate surface area is 125 Å². The highest BCUT2D eigenvalue weighted by molar-refractivity contribution is 5.78. The molecule has 0 aliphatic carbocycles. The first-order chi connectivity index (χ1) is 10.3. The second-order valence-corrected chi connectivity index (χ2v) is 5.47. The molecule has 3 rings (SSSR count). The number of hydrogen-bond donors (Lipinski definition) is 1. The van der Waals surface area contributed by atoms with Gasteiger partial charge < -0.3 is 5.32 Å². The van der Waals surface area contributed by atoms with Gasteiger partial charge in [0, 0.05) is 18.0 Å². The Morgan fingerprint density at radius 3 is 2.52 bits per heavy atom. The normalized spacial score (nSPS) is 12.4. The molecule has 21 heavy (non-hydrogen) atoms. The van der Waals surface area contributed by atoms with E-state index in [2.05, 4.69) is 66.8 Å². The van der Waals surface area contributed by atoms with Gasteiger partial charge in [0.25, 0.3) is 0 Å². The first-order valence-corrected chi connectivity index (χ1v) is 7.43. The fourth-order valence-electron chi connectivity index (χ4n) is 2.53. The summed E-state index contributed by atoms with van der Waals surface area (Å²) in [4.78, 5) is 4.69. The Morgan fingerprint density at radius 1 is 0.905 bits per heavy atom. The molecule has 0 bridgehead atoms. The highest BCUT2D eigenvalue weighted by atomic mass is 14.9. The molecule has 1 unspecified atom stereocenters. The molecule has 2 aromatic carbocycles. The van der Waals surface area contributed by atoms with Gasteiger partial charge in [-0.15, -0.1) is 0 Å². The Balaban J connectivity index is 1.60. The summed E-state index contributed by atoms with van der Waals surface area (Å²) in [5.74, 6) is 0. The maximum absolute atomic E-state index is 4.69. The summed E-state index contributed by atoms with van der Waals surface area (Å²) in [5.41, 5.74) is 3.52. The van der Waals surface area contributed by atoms with E-state index in [1.54, 1.807) is 0 Å². The molecule has 0 amide bonds. The second-order valence-electron chi connectivity index (χ2n) is 5.47. The standard InChI is InChI=1S/C19H20N2/c1-15(13-16-7-3-2-4-8-16)20-14-18-12-11-17-9-5-6-10-19(17)21-18/h2-12,15,20H,13-14H2,1H3. The van der Waals surface area contributed by atoms with E-state index in [0.29, 0.717) is 6.04 Å². The lowest BCUT2D eigenvalue weighted by Crippen LogP contribution is -2.27. The molecule has 1 heterocycles. The first-order valence-electron chi connectivity index (χ1n) is 7.43. The van der Waals surface area contributed by atoms with Crippen LogP contribution in [0.2, 0.25) is 0 Å². The van der Waals surface area contributed by atoms with Crippen molar-refractivity contribution in [2.75, 3.05) is 0 Å². The Kier molecular flexibility index (Phi) is 4.27. The van der Waals surface area contributed by atoms with Gasteiger partial charge in [-0.2, -0.15) is 0 Å². The summed E-state index contributed by atoms with van der Waals surface area (Å²) >= 11 is 0. The molecule has 0 aliphatic heterocycles. The van der Waals surface area contributed by atoms with Gasteiger partial charge in [-0.1, -0.05) is 54.6 Å². The first kappa shape index (κ1) is 13.8. The minimum Gasteiger partial charge on any atom is -0.308 e. The predicted octanol–water partition coefficient (Wildman–Crippen LogP) is 3.96. The van der Waals surface area contributed by atoms with Crippen LogP contribution in [0.15, 0.2) is 66.7 Å². The topological polar surface area (TPSA) is 24.9 Å². The number of nitrogens with zero attached hydrogens (tertiary/aromatic N) is 1. The van der Waals surface area contributed by atoms with Crippen LogP contribution >= 0.6 is 0 Å². The summed E-state index contributed by atoms with van der Waals surface area (Å²) in [6.07, 6.45) is 1.04. The van der Waals surface area contributed by atoms with Crippen molar-refractivity contribution in [1.82, 2.24) is 10.3 Å². The van der Waals surface area contributed by atoms with Gasteiger partial charge in [-0.3, -0.25) is 4.98 Å². The summed E-state index contributed by atoms with van der Waals surface area (Å²) in [6.45, 7) is 3.02. The number of fused-ring (bicyclic) bond motifs is 1. The third-order valence-corrected chi connectivity index (χ3v) is 3.67. The van der Waals surface area contributed by atoms with Crippen molar-refractivity contribution in [1.29, 1.82) is 0 Å². The van der Waals surface area contributed by atoms with E-state index in [9.17, 15) is 0 Å². The molecular formula is C19H20N2. The average Bonchev–Trinajstić information content (AvgIpc) is 2.54. The van der Waals surface area contributed by atoms with Crippen LogP contribution in [-0.4, -0.2) is 11.0 Å². The predicted molar refractivity (Wildman–Crippen MR) is 88.2 cm³/mol. The number of rotatable bonds is 5. The molecule has 0 radical (unpaired) electrons. The number of hydrogen-bond acceptors (Lipinski definition) is 2. The van der Waals surface area contributed by atoms with Crippen molar-refractivity contribution in [2.45, 2.75) is 25.9 Å². The van der Waals surface area contributed by atoms with Crippen LogP contribution in [0.4, 0.5) is 0 Å². The molecule has 3 aromatic rings. The minimum absolute atomic E-state index is 0.431. The van der Waals surface area contributed by atoms with Crippen molar-refractivity contribution < 1.29 is 0 Å². The number of pyridine rings is 1. The van der Waals surface area contributed by atoms with E-state index in [-0.39, 0.29) is 0 Å². The Hall–Kier alpha value is -2.19. The van der Waals surface area contributed by atoms with Crippen LogP contribution in [0.25, 0.3) is 10.9 Å².